The van der Waals surface area contributed by atoms with E-state index in [1.807, 2.05) is 36.4 Å². The number of carbonyl (C=O) groups excluding carboxylic acids is 1. The van der Waals surface area contributed by atoms with E-state index in [2.05, 4.69) is 35.2 Å². The van der Waals surface area contributed by atoms with Crippen molar-refractivity contribution >= 4 is 16.7 Å². The van der Waals surface area contributed by atoms with Gasteiger partial charge in [-0.05, 0) is 61.7 Å². The van der Waals surface area contributed by atoms with Gasteiger partial charge in [0.15, 0.2) is 6.23 Å². The molecule has 3 aromatic carbocycles. The van der Waals surface area contributed by atoms with E-state index in [1.165, 1.54) is 24.8 Å². The predicted octanol–water partition coefficient (Wildman–Crippen LogP) is 4.63. The molecule has 1 N–H and O–H groups in total. The molecule has 2 heterocycles. The van der Waals surface area contributed by atoms with Crippen molar-refractivity contribution in [3.63, 3.8) is 0 Å². The minimum Gasteiger partial charge on any atom is -0.369 e. The molecule has 1 amide bonds. The third-order valence-electron chi connectivity index (χ3n) is 7.05. The first-order valence-corrected chi connectivity index (χ1v) is 11.5. The molecule has 0 saturated carbocycles. The molecule has 4 heteroatoms. The summed E-state index contributed by atoms with van der Waals surface area (Å²) in [5.41, 5.74) is 2.98. The standard InChI is InChI=1S/C27H30N2O2/c30-26-23-10-4-8-22-9-5-11-24(25(22)23)27(31)29(26)19-18-28-16-14-21(15-17-28)13-12-20-6-2-1-3-7-20/h1-11,21,26,30H,12-19H2. The van der Waals surface area contributed by atoms with Crippen molar-refractivity contribution in [1.82, 2.24) is 9.80 Å². The summed E-state index contributed by atoms with van der Waals surface area (Å²) in [5.74, 6) is 0.720. The lowest BCUT2D eigenvalue weighted by atomic mass is 9.90. The molecular weight excluding hydrogens is 384 g/mol. The molecule has 0 spiro atoms. The Kier molecular flexibility index (Phi) is 5.75. The fourth-order valence-corrected chi connectivity index (χ4v) is 5.18. The van der Waals surface area contributed by atoms with Crippen LogP contribution < -0.4 is 0 Å². The van der Waals surface area contributed by atoms with Crippen LogP contribution >= 0.6 is 0 Å². The fraction of sp³-hybridized carbons (Fsp3) is 0.370. The molecule has 0 bridgehead atoms. The maximum atomic E-state index is 13.1. The first kappa shape index (κ1) is 20.2. The zero-order valence-corrected chi connectivity index (χ0v) is 17.9. The number of hydrogen-bond donors (Lipinski definition) is 1. The molecular formula is C27H30N2O2. The van der Waals surface area contributed by atoms with Crippen LogP contribution in [0.4, 0.5) is 0 Å². The molecule has 2 aliphatic rings. The summed E-state index contributed by atoms with van der Waals surface area (Å²) in [6.07, 6.45) is 3.97. The van der Waals surface area contributed by atoms with Crippen molar-refractivity contribution in [1.29, 1.82) is 0 Å². The zero-order chi connectivity index (χ0) is 21.2. The Bertz CT molecular complexity index is 1050. The Morgan fingerprint density at radius 3 is 2.39 bits per heavy atom. The number of aliphatic hydroxyl groups excluding tert-OH is 1. The minimum atomic E-state index is -0.866. The van der Waals surface area contributed by atoms with E-state index >= 15 is 0 Å². The number of rotatable bonds is 6. The number of benzene rings is 3. The number of hydrogen-bond acceptors (Lipinski definition) is 3. The second kappa shape index (κ2) is 8.81. The summed E-state index contributed by atoms with van der Waals surface area (Å²) >= 11 is 0. The Labute approximate surface area is 184 Å². The smallest absolute Gasteiger partial charge is 0.256 e. The van der Waals surface area contributed by atoms with Gasteiger partial charge in [0.1, 0.15) is 0 Å². The SMILES string of the molecule is O=C1c2cccc3cccc(c23)C(O)N1CCN1CCC(CCc2ccccc2)CC1. The molecule has 2 aliphatic heterocycles. The van der Waals surface area contributed by atoms with Crippen LogP contribution in [-0.4, -0.2) is 47.0 Å². The summed E-state index contributed by atoms with van der Waals surface area (Å²) < 4.78 is 0. The lowest BCUT2D eigenvalue weighted by Gasteiger charge is -2.37. The van der Waals surface area contributed by atoms with E-state index < -0.39 is 6.23 Å². The van der Waals surface area contributed by atoms with Gasteiger partial charge in [-0.25, -0.2) is 0 Å². The van der Waals surface area contributed by atoms with Crippen LogP contribution in [-0.2, 0) is 6.42 Å². The van der Waals surface area contributed by atoms with E-state index in [0.29, 0.717) is 12.1 Å². The Morgan fingerprint density at radius 1 is 0.871 bits per heavy atom. The quantitative estimate of drug-likeness (QED) is 0.640. The Hall–Kier alpha value is -2.69. The molecule has 1 fully saturated rings. The topological polar surface area (TPSA) is 43.8 Å². The van der Waals surface area contributed by atoms with Crippen LogP contribution in [0, 0.1) is 5.92 Å². The maximum absolute atomic E-state index is 13.1. The monoisotopic (exact) mass is 414 g/mol. The van der Waals surface area contributed by atoms with Crippen molar-refractivity contribution in [3.05, 3.63) is 83.4 Å². The summed E-state index contributed by atoms with van der Waals surface area (Å²) in [7, 11) is 0. The van der Waals surface area contributed by atoms with Gasteiger partial charge in [-0.15, -0.1) is 0 Å². The number of piperidine rings is 1. The zero-order valence-electron chi connectivity index (χ0n) is 17.9. The van der Waals surface area contributed by atoms with Gasteiger partial charge in [-0.2, -0.15) is 0 Å². The van der Waals surface area contributed by atoms with Crippen molar-refractivity contribution < 1.29 is 9.90 Å². The van der Waals surface area contributed by atoms with Gasteiger partial charge >= 0.3 is 0 Å². The predicted molar refractivity (Wildman–Crippen MR) is 124 cm³/mol. The highest BCUT2D eigenvalue weighted by atomic mass is 16.3. The molecule has 160 valence electrons. The first-order chi connectivity index (χ1) is 15.2. The molecule has 4 nitrogen and oxygen atoms in total. The normalized spacial score (nSPS) is 19.8. The first-order valence-electron chi connectivity index (χ1n) is 11.5. The van der Waals surface area contributed by atoms with Gasteiger partial charge in [0, 0.05) is 29.6 Å². The van der Waals surface area contributed by atoms with E-state index in [9.17, 15) is 9.90 Å². The van der Waals surface area contributed by atoms with E-state index in [1.54, 1.807) is 4.90 Å². The number of nitrogens with zero attached hydrogens (tertiary/aromatic N) is 2. The third kappa shape index (κ3) is 4.10. The Balaban J connectivity index is 1.16. The summed E-state index contributed by atoms with van der Waals surface area (Å²) in [5, 5.41) is 12.9. The number of amides is 1. The fourth-order valence-electron chi connectivity index (χ4n) is 5.18. The van der Waals surface area contributed by atoms with E-state index in [0.717, 1.165) is 48.3 Å². The lowest BCUT2D eigenvalue weighted by Crippen LogP contribution is -2.44. The largest absolute Gasteiger partial charge is 0.369 e. The summed E-state index contributed by atoms with van der Waals surface area (Å²) in [6, 6.07) is 22.4. The average Bonchev–Trinajstić information content (AvgIpc) is 2.82. The van der Waals surface area contributed by atoms with Gasteiger partial charge in [0.25, 0.3) is 5.91 Å². The van der Waals surface area contributed by atoms with Gasteiger partial charge in [0.05, 0.1) is 0 Å². The van der Waals surface area contributed by atoms with Crippen LogP contribution in [0.25, 0.3) is 10.8 Å². The van der Waals surface area contributed by atoms with Crippen molar-refractivity contribution in [2.75, 3.05) is 26.2 Å². The minimum absolute atomic E-state index is 0.0606. The van der Waals surface area contributed by atoms with Gasteiger partial charge < -0.3 is 14.9 Å². The molecule has 1 saturated heterocycles. The Morgan fingerprint density at radius 2 is 1.61 bits per heavy atom. The third-order valence-corrected chi connectivity index (χ3v) is 7.05. The van der Waals surface area contributed by atoms with Crippen LogP contribution in [0.15, 0.2) is 66.7 Å². The second-order valence-corrected chi connectivity index (χ2v) is 8.93. The number of carbonyl (C=O) groups is 1. The number of likely N-dealkylation sites (tertiary alicyclic amines) is 1. The highest BCUT2D eigenvalue weighted by Crippen LogP contribution is 2.35. The highest BCUT2D eigenvalue weighted by Gasteiger charge is 2.33. The van der Waals surface area contributed by atoms with Crippen LogP contribution in [0.3, 0.4) is 0 Å². The molecule has 1 unspecified atom stereocenters. The number of aryl methyl sites for hydroxylation is 1. The van der Waals surface area contributed by atoms with Gasteiger partial charge in [-0.1, -0.05) is 60.7 Å². The van der Waals surface area contributed by atoms with Crippen molar-refractivity contribution in [2.45, 2.75) is 31.9 Å². The lowest BCUT2D eigenvalue weighted by molar-refractivity contribution is -0.000230. The average molecular weight is 415 g/mol. The van der Waals surface area contributed by atoms with Crippen LogP contribution in [0.5, 0.6) is 0 Å². The van der Waals surface area contributed by atoms with Gasteiger partial charge in [-0.3, -0.25) is 4.79 Å². The maximum Gasteiger partial charge on any atom is 0.256 e. The van der Waals surface area contributed by atoms with E-state index in [4.69, 9.17) is 0 Å². The van der Waals surface area contributed by atoms with Crippen molar-refractivity contribution in [3.8, 4) is 0 Å². The van der Waals surface area contributed by atoms with Crippen molar-refractivity contribution in [2.24, 2.45) is 5.92 Å². The molecule has 0 aromatic heterocycles. The van der Waals surface area contributed by atoms with E-state index in [-0.39, 0.29) is 5.91 Å². The summed E-state index contributed by atoms with van der Waals surface area (Å²) in [6.45, 7) is 3.51. The molecule has 0 aliphatic carbocycles. The molecule has 3 aromatic rings. The second-order valence-electron chi connectivity index (χ2n) is 8.93. The van der Waals surface area contributed by atoms with Crippen LogP contribution in [0.2, 0.25) is 0 Å². The summed E-state index contributed by atoms with van der Waals surface area (Å²) in [4.78, 5) is 17.2. The number of aliphatic hydroxyl groups is 1. The van der Waals surface area contributed by atoms with Gasteiger partial charge in [0.2, 0.25) is 0 Å². The molecule has 0 radical (unpaired) electrons. The molecule has 1 atom stereocenters. The molecule has 31 heavy (non-hydrogen) atoms. The van der Waals surface area contributed by atoms with Crippen LogP contribution in [0.1, 0.15) is 47.0 Å². The molecule has 5 rings (SSSR count). The highest BCUT2D eigenvalue weighted by molar-refractivity contribution is 6.10.